The Morgan fingerprint density at radius 1 is 0.786 bits per heavy atom. The zero-order chi connectivity index (χ0) is 20.7. The molecule has 3 rings (SSSR count). The van der Waals surface area contributed by atoms with Gasteiger partial charge in [-0.2, -0.15) is 5.26 Å². The first-order valence-corrected chi connectivity index (χ1v) is 9.78. The second-order valence-corrected chi connectivity index (χ2v) is 8.33. The quantitative estimate of drug-likeness (QED) is 0.642. The number of amides is 2. The molecule has 0 saturated heterocycles. The molecule has 0 radical (unpaired) electrons. The summed E-state index contributed by atoms with van der Waals surface area (Å²) < 4.78 is 0. The van der Waals surface area contributed by atoms with Gasteiger partial charge in [0.2, 0.25) is 0 Å². The number of benzene rings is 2. The third-order valence-corrected chi connectivity index (χ3v) is 5.34. The van der Waals surface area contributed by atoms with Crippen LogP contribution >= 0.6 is 0 Å². The van der Waals surface area contributed by atoms with Crippen LogP contribution < -0.4 is 4.90 Å². The van der Waals surface area contributed by atoms with Crippen LogP contribution in [0, 0.1) is 11.3 Å². The van der Waals surface area contributed by atoms with Crippen molar-refractivity contribution >= 4 is 17.5 Å². The van der Waals surface area contributed by atoms with Gasteiger partial charge in [0.25, 0.3) is 11.8 Å². The van der Waals surface area contributed by atoms with Gasteiger partial charge >= 0.3 is 0 Å². The van der Waals surface area contributed by atoms with Gasteiger partial charge in [0.1, 0.15) is 0 Å². The van der Waals surface area contributed by atoms with Crippen molar-refractivity contribution in [1.29, 1.82) is 5.26 Å². The van der Waals surface area contributed by atoms with Crippen LogP contribution in [0.5, 0.6) is 0 Å². The number of hydrogen-bond donors (Lipinski definition) is 0. The summed E-state index contributed by atoms with van der Waals surface area (Å²) in [7, 11) is 0. The van der Waals surface area contributed by atoms with Crippen molar-refractivity contribution in [2.45, 2.75) is 59.3 Å². The summed E-state index contributed by atoms with van der Waals surface area (Å²) in [5.74, 6) is 0.00330. The normalized spacial score (nSPS) is 13.6. The van der Waals surface area contributed by atoms with Gasteiger partial charge in [0.05, 0.1) is 28.4 Å². The second kappa shape index (κ2) is 7.24. The Balaban J connectivity index is 2.27. The van der Waals surface area contributed by atoms with Crippen LogP contribution in [-0.4, -0.2) is 11.8 Å². The Kier molecular flexibility index (Phi) is 5.12. The van der Waals surface area contributed by atoms with Crippen LogP contribution in [0.25, 0.3) is 0 Å². The average Bonchev–Trinajstić information content (AvgIpc) is 2.90. The Labute approximate surface area is 166 Å². The molecular weight excluding hydrogens is 348 g/mol. The smallest absolute Gasteiger partial charge is 0.266 e. The molecule has 0 spiro atoms. The van der Waals surface area contributed by atoms with E-state index in [2.05, 4.69) is 53.7 Å². The number of hydrogen-bond acceptors (Lipinski definition) is 3. The molecule has 4 heteroatoms. The molecule has 1 heterocycles. The Bertz CT molecular complexity index is 981. The summed E-state index contributed by atoms with van der Waals surface area (Å²) in [5, 5.41) is 9.16. The van der Waals surface area contributed by atoms with E-state index in [4.69, 9.17) is 5.26 Å². The summed E-state index contributed by atoms with van der Waals surface area (Å²) in [6.07, 6.45) is 0. The minimum Gasteiger partial charge on any atom is -0.268 e. The van der Waals surface area contributed by atoms with Crippen LogP contribution in [0.1, 0.15) is 102 Å². The maximum atomic E-state index is 13.2. The number of nitrogens with zero attached hydrogens (tertiary/aromatic N) is 2. The number of imide groups is 1. The monoisotopic (exact) mass is 374 g/mol. The molecule has 1 aliphatic heterocycles. The van der Waals surface area contributed by atoms with Gasteiger partial charge in [-0.3, -0.25) is 9.59 Å². The van der Waals surface area contributed by atoms with Crippen molar-refractivity contribution in [3.8, 4) is 6.07 Å². The van der Waals surface area contributed by atoms with E-state index in [0.29, 0.717) is 28.3 Å². The predicted octanol–water partition coefficient (Wildman–Crippen LogP) is 5.73. The molecule has 0 N–H and O–H groups in total. The highest BCUT2D eigenvalue weighted by molar-refractivity contribution is 6.35. The SMILES string of the molecule is CC(C)c1cc(C(C)C)c(N2C(=O)c3ccc(C#N)cc3C2=O)c(C(C)C)c1. The molecule has 144 valence electrons. The van der Waals surface area contributed by atoms with Crippen molar-refractivity contribution in [2.24, 2.45) is 0 Å². The first-order valence-electron chi connectivity index (χ1n) is 9.78. The number of carbonyl (C=O) groups is 2. The van der Waals surface area contributed by atoms with Crippen LogP contribution in [0.3, 0.4) is 0 Å². The van der Waals surface area contributed by atoms with E-state index in [0.717, 1.165) is 11.1 Å². The minimum atomic E-state index is -0.349. The standard InChI is InChI=1S/C24H26N2O2/c1-13(2)17-10-19(14(3)4)22(20(11-17)15(5)6)26-23(27)18-8-7-16(12-25)9-21(18)24(26)28/h7-11,13-15H,1-6H3. The number of anilines is 1. The molecule has 0 fully saturated rings. The van der Waals surface area contributed by atoms with E-state index >= 15 is 0 Å². The first kappa shape index (κ1) is 19.8. The molecule has 0 aromatic heterocycles. The molecule has 1 aliphatic rings. The van der Waals surface area contributed by atoms with Crippen molar-refractivity contribution < 1.29 is 9.59 Å². The number of carbonyl (C=O) groups excluding carboxylic acids is 2. The maximum Gasteiger partial charge on any atom is 0.266 e. The largest absolute Gasteiger partial charge is 0.268 e. The van der Waals surface area contributed by atoms with Gasteiger partial charge in [0.15, 0.2) is 0 Å². The van der Waals surface area contributed by atoms with Gasteiger partial charge < -0.3 is 0 Å². The van der Waals surface area contributed by atoms with Gasteiger partial charge in [-0.15, -0.1) is 0 Å². The fourth-order valence-corrected chi connectivity index (χ4v) is 3.69. The maximum absolute atomic E-state index is 13.2. The molecule has 28 heavy (non-hydrogen) atoms. The summed E-state index contributed by atoms with van der Waals surface area (Å²) in [6.45, 7) is 12.6. The average molecular weight is 374 g/mol. The van der Waals surface area contributed by atoms with Gasteiger partial charge in [-0.05, 0) is 52.6 Å². The van der Waals surface area contributed by atoms with Crippen LogP contribution in [0.15, 0.2) is 30.3 Å². The third-order valence-electron chi connectivity index (χ3n) is 5.34. The summed E-state index contributed by atoms with van der Waals surface area (Å²) in [6, 6.07) is 11.0. The molecule has 2 aromatic carbocycles. The van der Waals surface area contributed by atoms with Gasteiger partial charge in [0, 0.05) is 0 Å². The van der Waals surface area contributed by atoms with Crippen molar-refractivity contribution in [3.63, 3.8) is 0 Å². The molecular formula is C24H26N2O2. The van der Waals surface area contributed by atoms with Crippen molar-refractivity contribution in [1.82, 2.24) is 0 Å². The fraction of sp³-hybridized carbons (Fsp3) is 0.375. The molecule has 4 nitrogen and oxygen atoms in total. The summed E-state index contributed by atoms with van der Waals surface area (Å²) in [4.78, 5) is 27.8. The number of fused-ring (bicyclic) bond motifs is 1. The van der Waals surface area contributed by atoms with E-state index in [1.54, 1.807) is 12.1 Å². The molecule has 0 aliphatic carbocycles. The van der Waals surface area contributed by atoms with Crippen molar-refractivity contribution in [3.05, 3.63) is 63.7 Å². The van der Waals surface area contributed by atoms with E-state index in [1.807, 2.05) is 6.07 Å². The summed E-state index contributed by atoms with van der Waals surface area (Å²) in [5.41, 5.74) is 4.97. The topological polar surface area (TPSA) is 61.2 Å². The highest BCUT2D eigenvalue weighted by Crippen LogP contribution is 2.41. The molecule has 0 bridgehead atoms. The number of rotatable bonds is 4. The zero-order valence-corrected chi connectivity index (χ0v) is 17.3. The van der Waals surface area contributed by atoms with Crippen LogP contribution in [-0.2, 0) is 0 Å². The Hall–Kier alpha value is -2.93. The molecule has 0 atom stereocenters. The van der Waals surface area contributed by atoms with Crippen LogP contribution in [0.2, 0.25) is 0 Å². The van der Waals surface area contributed by atoms with E-state index in [1.165, 1.54) is 16.5 Å². The Morgan fingerprint density at radius 3 is 1.79 bits per heavy atom. The van der Waals surface area contributed by atoms with E-state index < -0.39 is 0 Å². The van der Waals surface area contributed by atoms with Crippen molar-refractivity contribution in [2.75, 3.05) is 4.90 Å². The van der Waals surface area contributed by atoms with Gasteiger partial charge in [-0.25, -0.2) is 4.90 Å². The number of nitriles is 1. The lowest BCUT2D eigenvalue weighted by molar-refractivity contribution is 0.0925. The van der Waals surface area contributed by atoms with Crippen LogP contribution in [0.4, 0.5) is 5.69 Å². The second-order valence-electron chi connectivity index (χ2n) is 8.33. The molecule has 0 saturated carbocycles. The minimum absolute atomic E-state index is 0.158. The van der Waals surface area contributed by atoms with E-state index in [9.17, 15) is 9.59 Å². The molecule has 2 amide bonds. The molecule has 0 unspecified atom stereocenters. The first-order chi connectivity index (χ1) is 13.2. The molecule has 2 aromatic rings. The van der Waals surface area contributed by atoms with Gasteiger partial charge in [-0.1, -0.05) is 53.7 Å². The lowest BCUT2D eigenvalue weighted by atomic mass is 9.87. The highest BCUT2D eigenvalue weighted by atomic mass is 16.2. The lowest BCUT2D eigenvalue weighted by Gasteiger charge is -2.27. The Morgan fingerprint density at radius 2 is 1.32 bits per heavy atom. The third kappa shape index (κ3) is 3.11. The zero-order valence-electron chi connectivity index (χ0n) is 17.3. The summed E-state index contributed by atoms with van der Waals surface area (Å²) >= 11 is 0. The fourth-order valence-electron chi connectivity index (χ4n) is 3.69. The lowest BCUT2D eigenvalue weighted by Crippen LogP contribution is -2.32. The predicted molar refractivity (Wildman–Crippen MR) is 111 cm³/mol. The van der Waals surface area contributed by atoms with E-state index in [-0.39, 0.29) is 23.7 Å². The highest BCUT2D eigenvalue weighted by Gasteiger charge is 2.39.